The predicted molar refractivity (Wildman–Crippen MR) is 94.4 cm³/mol. The quantitative estimate of drug-likeness (QED) is 0.815. The lowest BCUT2D eigenvalue weighted by molar-refractivity contribution is -0.120. The molecule has 4 nitrogen and oxygen atoms in total. The van der Waals surface area contributed by atoms with Crippen LogP contribution < -0.4 is 9.64 Å². The van der Waals surface area contributed by atoms with Crippen molar-refractivity contribution in [2.75, 3.05) is 24.7 Å². The van der Waals surface area contributed by atoms with E-state index in [4.69, 9.17) is 9.47 Å². The third kappa shape index (κ3) is 4.36. The Balaban J connectivity index is 1.68. The average molecular weight is 325 g/mol. The molecular weight excluding hydrogens is 302 g/mol. The second-order valence-electron chi connectivity index (χ2n) is 6.08. The highest BCUT2D eigenvalue weighted by atomic mass is 16.5. The van der Waals surface area contributed by atoms with Gasteiger partial charge in [-0.15, -0.1) is 0 Å². The topological polar surface area (TPSA) is 38.8 Å². The lowest BCUT2D eigenvalue weighted by atomic mass is 10.2. The van der Waals surface area contributed by atoms with Crippen LogP contribution >= 0.6 is 0 Å². The van der Waals surface area contributed by atoms with E-state index in [0.29, 0.717) is 12.3 Å². The molecule has 1 heterocycles. The fraction of sp³-hybridized carbons (Fsp3) is 0.350. The van der Waals surface area contributed by atoms with Crippen LogP contribution in [-0.4, -0.2) is 31.8 Å². The monoisotopic (exact) mass is 325 g/mol. The minimum atomic E-state index is -0.0572. The Bertz CT molecular complexity index is 666. The standard InChI is InChI=1S/C20H23NO3/c1-16-7-5-10-18(13-16)24-15-20(22)21(14-19-11-6-12-23-19)17-8-3-2-4-9-17/h2-5,7-10,13,19H,6,11-12,14-15H2,1H3. The molecule has 0 bridgehead atoms. The highest BCUT2D eigenvalue weighted by molar-refractivity contribution is 5.94. The number of nitrogens with zero attached hydrogens (tertiary/aromatic N) is 1. The van der Waals surface area contributed by atoms with E-state index in [1.165, 1.54) is 0 Å². The van der Waals surface area contributed by atoms with E-state index in [9.17, 15) is 4.79 Å². The first-order chi connectivity index (χ1) is 11.7. The van der Waals surface area contributed by atoms with Crippen molar-refractivity contribution in [3.8, 4) is 5.75 Å². The van der Waals surface area contributed by atoms with Crippen LogP contribution in [0.4, 0.5) is 5.69 Å². The molecule has 3 rings (SSSR count). The normalized spacial score (nSPS) is 16.8. The predicted octanol–water partition coefficient (Wildman–Crippen LogP) is 3.59. The molecule has 4 heteroatoms. The summed E-state index contributed by atoms with van der Waals surface area (Å²) in [7, 11) is 0. The molecule has 2 aromatic rings. The van der Waals surface area contributed by atoms with Crippen LogP contribution in [0.25, 0.3) is 0 Å². The molecule has 1 atom stereocenters. The van der Waals surface area contributed by atoms with Crippen molar-refractivity contribution in [1.82, 2.24) is 0 Å². The van der Waals surface area contributed by atoms with E-state index in [0.717, 1.165) is 30.7 Å². The number of hydrogen-bond donors (Lipinski definition) is 0. The molecule has 1 unspecified atom stereocenters. The number of aryl methyl sites for hydroxylation is 1. The Labute approximate surface area is 143 Å². The molecule has 126 valence electrons. The van der Waals surface area contributed by atoms with Gasteiger partial charge >= 0.3 is 0 Å². The number of para-hydroxylation sites is 1. The fourth-order valence-electron chi connectivity index (χ4n) is 2.88. The lowest BCUT2D eigenvalue weighted by Gasteiger charge is -2.25. The van der Waals surface area contributed by atoms with Gasteiger partial charge in [0, 0.05) is 12.3 Å². The number of carbonyl (C=O) groups is 1. The Morgan fingerprint density at radius 2 is 2.04 bits per heavy atom. The molecule has 24 heavy (non-hydrogen) atoms. The second kappa shape index (κ2) is 7.97. The number of ether oxygens (including phenoxy) is 2. The third-order valence-electron chi connectivity index (χ3n) is 4.13. The summed E-state index contributed by atoms with van der Waals surface area (Å²) in [4.78, 5) is 14.5. The molecule has 1 amide bonds. The molecule has 0 aliphatic carbocycles. The molecule has 0 aromatic heterocycles. The molecule has 1 aliphatic heterocycles. The molecule has 2 aromatic carbocycles. The van der Waals surface area contributed by atoms with Crippen LogP contribution in [0.1, 0.15) is 18.4 Å². The van der Waals surface area contributed by atoms with Crippen molar-refractivity contribution in [2.45, 2.75) is 25.9 Å². The molecule has 0 saturated carbocycles. The molecular formula is C20H23NO3. The van der Waals surface area contributed by atoms with Crippen molar-refractivity contribution in [3.63, 3.8) is 0 Å². The SMILES string of the molecule is Cc1cccc(OCC(=O)N(CC2CCCO2)c2ccccc2)c1. The van der Waals surface area contributed by atoms with Gasteiger partial charge in [0.05, 0.1) is 12.6 Å². The van der Waals surface area contributed by atoms with E-state index >= 15 is 0 Å². The van der Waals surface area contributed by atoms with Gasteiger partial charge in [0.25, 0.3) is 5.91 Å². The highest BCUT2D eigenvalue weighted by Gasteiger charge is 2.24. The molecule has 1 aliphatic rings. The molecule has 0 radical (unpaired) electrons. The Hall–Kier alpha value is -2.33. The maximum absolute atomic E-state index is 12.7. The van der Waals surface area contributed by atoms with E-state index in [1.54, 1.807) is 4.90 Å². The van der Waals surface area contributed by atoms with Crippen molar-refractivity contribution in [3.05, 3.63) is 60.2 Å². The first-order valence-electron chi connectivity index (χ1n) is 8.39. The number of carbonyl (C=O) groups excluding carboxylic acids is 1. The number of amides is 1. The Morgan fingerprint density at radius 3 is 2.75 bits per heavy atom. The van der Waals surface area contributed by atoms with E-state index in [-0.39, 0.29) is 18.6 Å². The van der Waals surface area contributed by atoms with Gasteiger partial charge in [-0.3, -0.25) is 4.79 Å². The Morgan fingerprint density at radius 1 is 1.21 bits per heavy atom. The van der Waals surface area contributed by atoms with Crippen LogP contribution in [0.2, 0.25) is 0 Å². The van der Waals surface area contributed by atoms with Gasteiger partial charge in [-0.1, -0.05) is 30.3 Å². The van der Waals surface area contributed by atoms with Gasteiger partial charge in [-0.25, -0.2) is 0 Å². The number of hydrogen-bond acceptors (Lipinski definition) is 3. The highest BCUT2D eigenvalue weighted by Crippen LogP contribution is 2.20. The second-order valence-corrected chi connectivity index (χ2v) is 6.08. The maximum Gasteiger partial charge on any atom is 0.264 e. The van der Waals surface area contributed by atoms with Crippen molar-refractivity contribution in [1.29, 1.82) is 0 Å². The van der Waals surface area contributed by atoms with Crippen LogP contribution in [0.5, 0.6) is 5.75 Å². The van der Waals surface area contributed by atoms with Gasteiger partial charge in [0.15, 0.2) is 6.61 Å². The first-order valence-corrected chi connectivity index (χ1v) is 8.39. The van der Waals surface area contributed by atoms with E-state index in [1.807, 2.05) is 61.5 Å². The Kier molecular flexibility index (Phi) is 5.49. The van der Waals surface area contributed by atoms with E-state index in [2.05, 4.69) is 0 Å². The largest absolute Gasteiger partial charge is 0.484 e. The van der Waals surface area contributed by atoms with Crippen molar-refractivity contribution in [2.24, 2.45) is 0 Å². The maximum atomic E-state index is 12.7. The fourth-order valence-corrected chi connectivity index (χ4v) is 2.88. The number of rotatable bonds is 6. The van der Waals surface area contributed by atoms with Gasteiger partial charge in [0.2, 0.25) is 0 Å². The first kappa shape index (κ1) is 16.5. The number of benzene rings is 2. The van der Waals surface area contributed by atoms with Crippen LogP contribution in [0.3, 0.4) is 0 Å². The summed E-state index contributed by atoms with van der Waals surface area (Å²) >= 11 is 0. The lowest BCUT2D eigenvalue weighted by Crippen LogP contribution is -2.40. The van der Waals surface area contributed by atoms with Gasteiger partial charge < -0.3 is 14.4 Å². The summed E-state index contributed by atoms with van der Waals surface area (Å²) in [5, 5.41) is 0. The number of anilines is 1. The molecule has 1 fully saturated rings. The molecule has 0 N–H and O–H groups in total. The minimum Gasteiger partial charge on any atom is -0.484 e. The zero-order valence-corrected chi connectivity index (χ0v) is 14.0. The zero-order valence-electron chi connectivity index (χ0n) is 14.0. The van der Waals surface area contributed by atoms with Gasteiger partial charge in [-0.2, -0.15) is 0 Å². The molecule has 1 saturated heterocycles. The minimum absolute atomic E-state index is 0.0189. The zero-order chi connectivity index (χ0) is 16.8. The van der Waals surface area contributed by atoms with E-state index < -0.39 is 0 Å². The van der Waals surface area contributed by atoms with Crippen molar-refractivity contribution >= 4 is 11.6 Å². The average Bonchev–Trinajstić information content (AvgIpc) is 3.12. The summed E-state index contributed by atoms with van der Waals surface area (Å²) in [6.07, 6.45) is 2.16. The summed E-state index contributed by atoms with van der Waals surface area (Å²) < 4.78 is 11.4. The van der Waals surface area contributed by atoms with Crippen LogP contribution in [0, 0.1) is 6.92 Å². The third-order valence-corrected chi connectivity index (χ3v) is 4.13. The molecule has 0 spiro atoms. The van der Waals surface area contributed by atoms with Gasteiger partial charge in [-0.05, 0) is 49.6 Å². The van der Waals surface area contributed by atoms with Crippen LogP contribution in [-0.2, 0) is 9.53 Å². The van der Waals surface area contributed by atoms with Gasteiger partial charge in [0.1, 0.15) is 5.75 Å². The smallest absolute Gasteiger partial charge is 0.264 e. The van der Waals surface area contributed by atoms with Crippen molar-refractivity contribution < 1.29 is 14.3 Å². The summed E-state index contributed by atoms with van der Waals surface area (Å²) in [6, 6.07) is 17.4. The van der Waals surface area contributed by atoms with Crippen LogP contribution in [0.15, 0.2) is 54.6 Å². The summed E-state index contributed by atoms with van der Waals surface area (Å²) in [6.45, 7) is 3.37. The summed E-state index contributed by atoms with van der Waals surface area (Å²) in [5.74, 6) is 0.659. The summed E-state index contributed by atoms with van der Waals surface area (Å²) in [5.41, 5.74) is 1.99.